The van der Waals surface area contributed by atoms with Crippen molar-refractivity contribution >= 4 is 58.4 Å². The molecule has 1 saturated carbocycles. The first kappa shape index (κ1) is 29.9. The minimum absolute atomic E-state index is 0.135. The van der Waals surface area contributed by atoms with E-state index in [4.69, 9.17) is 50.0 Å². The number of carbonyl (C=O) groups excluding carboxylic acids is 2. The van der Waals surface area contributed by atoms with Gasteiger partial charge < -0.3 is 24.5 Å². The molecule has 1 amide bonds. The molecule has 1 aromatic heterocycles. The number of halogens is 5. The normalized spacial score (nSPS) is 14.8. The second-order valence-electron chi connectivity index (χ2n) is 8.89. The maximum atomic E-state index is 13.5. The van der Waals surface area contributed by atoms with Crippen LogP contribution >= 0.6 is 34.8 Å². The van der Waals surface area contributed by atoms with Gasteiger partial charge in [-0.05, 0) is 31.6 Å². The highest BCUT2D eigenvalue weighted by molar-refractivity contribution is 6.40. The number of amides is 1. The zero-order valence-corrected chi connectivity index (χ0v) is 22.8. The van der Waals surface area contributed by atoms with Crippen LogP contribution in [-0.4, -0.2) is 41.1 Å². The van der Waals surface area contributed by atoms with E-state index in [0.29, 0.717) is 4.90 Å². The Kier molecular flexibility index (Phi) is 9.80. The highest BCUT2D eigenvalue weighted by Crippen LogP contribution is 2.42. The molecular formula is C23H25Cl3F2N4O6. The van der Waals surface area contributed by atoms with Gasteiger partial charge in [0.2, 0.25) is 12.6 Å². The number of hydrogen-bond acceptors (Lipinski definition) is 8. The van der Waals surface area contributed by atoms with Crippen molar-refractivity contribution in [2.75, 3.05) is 11.7 Å². The number of ether oxygens (including phenoxy) is 3. The number of nitrogens with two attached hydrogens (primary N) is 1. The number of rotatable bonds is 10. The monoisotopic (exact) mass is 596 g/mol. The first-order valence-electron chi connectivity index (χ1n) is 11.4. The van der Waals surface area contributed by atoms with Gasteiger partial charge in [0.05, 0.1) is 15.7 Å². The minimum Gasteiger partial charge on any atom is -0.435 e. The zero-order valence-electron chi connectivity index (χ0n) is 20.5. The first-order chi connectivity index (χ1) is 17.8. The van der Waals surface area contributed by atoms with E-state index in [-0.39, 0.29) is 38.8 Å². The Labute approximate surface area is 231 Å². The average molecular weight is 598 g/mol. The van der Waals surface area contributed by atoms with E-state index in [1.54, 1.807) is 13.8 Å². The van der Waals surface area contributed by atoms with Gasteiger partial charge in [0.1, 0.15) is 16.9 Å². The van der Waals surface area contributed by atoms with Crippen molar-refractivity contribution in [1.82, 2.24) is 9.55 Å². The Hall–Kier alpha value is -2.67. The summed E-state index contributed by atoms with van der Waals surface area (Å²) in [7, 11) is 0. The molecule has 0 saturated heterocycles. The van der Waals surface area contributed by atoms with E-state index in [9.17, 15) is 23.2 Å². The highest BCUT2D eigenvalue weighted by atomic mass is 35.5. The molecule has 15 heteroatoms. The minimum atomic E-state index is -3.17. The van der Waals surface area contributed by atoms with Gasteiger partial charge in [-0.1, -0.05) is 48.7 Å². The van der Waals surface area contributed by atoms with Gasteiger partial charge in [-0.3, -0.25) is 9.59 Å². The maximum absolute atomic E-state index is 13.5. The van der Waals surface area contributed by atoms with Crippen LogP contribution < -0.4 is 20.9 Å². The molecule has 0 aliphatic heterocycles. The largest absolute Gasteiger partial charge is 0.435 e. The highest BCUT2D eigenvalue weighted by Gasteiger charge is 2.34. The number of alkyl halides is 2. The summed E-state index contributed by atoms with van der Waals surface area (Å²) in [6.07, 6.45) is 1.86. The molecule has 0 bridgehead atoms. The molecule has 1 fully saturated rings. The van der Waals surface area contributed by atoms with Crippen molar-refractivity contribution in [3.63, 3.8) is 0 Å². The number of hydrogen-bond donors (Lipinski definition) is 1. The van der Waals surface area contributed by atoms with E-state index in [0.717, 1.165) is 25.0 Å². The molecule has 2 N–H and O–H groups in total. The summed E-state index contributed by atoms with van der Waals surface area (Å²) in [4.78, 5) is 43.4. The first-order valence-corrected chi connectivity index (χ1v) is 12.6. The van der Waals surface area contributed by atoms with Crippen LogP contribution in [-0.2, 0) is 14.3 Å². The predicted molar refractivity (Wildman–Crippen MR) is 136 cm³/mol. The number of benzene rings is 1. The molecule has 1 heterocycles. The summed E-state index contributed by atoms with van der Waals surface area (Å²) in [5, 5.41) is -0.845. The van der Waals surface area contributed by atoms with Gasteiger partial charge in [0.15, 0.2) is 0 Å². The summed E-state index contributed by atoms with van der Waals surface area (Å²) in [6, 6.07) is 0.687. The summed E-state index contributed by atoms with van der Waals surface area (Å²) >= 11 is 18.8. The number of anilines is 2. The van der Waals surface area contributed by atoms with Gasteiger partial charge in [-0.2, -0.15) is 8.78 Å². The molecule has 10 nitrogen and oxygen atoms in total. The Morgan fingerprint density at radius 3 is 2.29 bits per heavy atom. The van der Waals surface area contributed by atoms with Crippen molar-refractivity contribution in [3.8, 4) is 5.75 Å². The second kappa shape index (κ2) is 12.5. The molecule has 1 aliphatic rings. The third kappa shape index (κ3) is 7.04. The van der Waals surface area contributed by atoms with E-state index >= 15 is 0 Å². The summed E-state index contributed by atoms with van der Waals surface area (Å²) < 4.78 is 41.1. The lowest BCUT2D eigenvalue weighted by atomic mass is 10.1. The van der Waals surface area contributed by atoms with Crippen molar-refractivity contribution in [1.29, 1.82) is 0 Å². The number of carbonyl (C=O) groups is 2. The topological polar surface area (TPSA) is 126 Å². The quantitative estimate of drug-likeness (QED) is 0.280. The molecule has 208 valence electrons. The van der Waals surface area contributed by atoms with Crippen LogP contribution in [0.2, 0.25) is 15.2 Å². The smallest absolute Gasteiger partial charge is 0.423 e. The molecule has 38 heavy (non-hydrogen) atoms. The fourth-order valence-electron chi connectivity index (χ4n) is 3.50. The van der Waals surface area contributed by atoms with E-state index in [1.165, 1.54) is 10.8 Å². The zero-order chi connectivity index (χ0) is 28.3. The van der Waals surface area contributed by atoms with Crippen molar-refractivity contribution in [3.05, 3.63) is 43.9 Å². The molecule has 0 radical (unpaired) electrons. The van der Waals surface area contributed by atoms with Crippen molar-refractivity contribution < 1.29 is 32.6 Å². The van der Waals surface area contributed by atoms with Crippen LogP contribution in [0.5, 0.6) is 5.75 Å². The van der Waals surface area contributed by atoms with Gasteiger partial charge in [-0.25, -0.2) is 14.7 Å². The lowest BCUT2D eigenvalue weighted by Crippen LogP contribution is -2.39. The predicted octanol–water partition coefficient (Wildman–Crippen LogP) is 5.53. The molecule has 0 spiro atoms. The molecule has 2 atom stereocenters. The van der Waals surface area contributed by atoms with Crippen LogP contribution in [0, 0.1) is 11.8 Å². The number of aromatic nitrogens is 2. The molecule has 1 aliphatic carbocycles. The Bertz CT molecular complexity index is 1240. The van der Waals surface area contributed by atoms with Gasteiger partial charge in [-0.15, -0.1) is 0 Å². The third-order valence-corrected chi connectivity index (χ3v) is 6.59. The summed E-state index contributed by atoms with van der Waals surface area (Å²) in [6.45, 7) is 1.17. The SMILES string of the molecule is CC(C)[C@H](N)C(=O)OCOC(=O)N(c1c(Cl)cc(OC(F)F)cc1Cl)c1nc(Cl)cn([C@@H](C)C2CC2)c1=O. The molecular weight excluding hydrogens is 573 g/mol. The van der Waals surface area contributed by atoms with E-state index < -0.39 is 48.6 Å². The van der Waals surface area contributed by atoms with Gasteiger partial charge >= 0.3 is 18.7 Å². The van der Waals surface area contributed by atoms with Crippen LogP contribution in [0.3, 0.4) is 0 Å². The van der Waals surface area contributed by atoms with Crippen molar-refractivity contribution in [2.45, 2.75) is 52.3 Å². The number of esters is 1. The third-order valence-electron chi connectivity index (χ3n) is 5.83. The second-order valence-corrected chi connectivity index (χ2v) is 10.1. The fourth-order valence-corrected chi connectivity index (χ4v) is 4.32. The Morgan fingerprint density at radius 1 is 1.16 bits per heavy atom. The molecule has 0 unspecified atom stereocenters. The average Bonchev–Trinajstić information content (AvgIpc) is 3.66. The molecule has 3 rings (SSSR count). The lowest BCUT2D eigenvalue weighted by Gasteiger charge is -2.25. The Balaban J connectivity index is 2.04. The van der Waals surface area contributed by atoms with E-state index in [1.807, 2.05) is 6.92 Å². The van der Waals surface area contributed by atoms with Crippen molar-refractivity contribution in [2.24, 2.45) is 17.6 Å². The van der Waals surface area contributed by atoms with Crippen LogP contribution in [0.4, 0.5) is 25.1 Å². The standard InChI is InChI=1S/C23H25Cl3F2N4O6/c1-10(2)17(29)21(34)36-9-37-23(35)32(18-14(24)6-13(7-15(18)25)38-22(27)28)19-20(33)31(8-16(26)30-19)11(3)12-4-5-12/h6-8,10-12,17,22H,4-5,9,29H2,1-3H3/t11-,17-/m0/s1. The summed E-state index contributed by atoms with van der Waals surface area (Å²) in [5.41, 5.74) is 4.66. The van der Waals surface area contributed by atoms with Gasteiger partial charge in [0.25, 0.3) is 5.56 Å². The molecule has 2 aromatic rings. The van der Waals surface area contributed by atoms with Crippen LogP contribution in [0.25, 0.3) is 0 Å². The molecule has 1 aromatic carbocycles. The van der Waals surface area contributed by atoms with E-state index in [2.05, 4.69) is 9.72 Å². The van der Waals surface area contributed by atoms with Gasteiger partial charge in [0, 0.05) is 24.4 Å². The van der Waals surface area contributed by atoms with Crippen LogP contribution in [0.1, 0.15) is 39.7 Å². The fraction of sp³-hybridized carbons (Fsp3) is 0.478. The summed E-state index contributed by atoms with van der Waals surface area (Å²) in [5.74, 6) is -1.79. The number of nitrogens with zero attached hydrogens (tertiary/aromatic N) is 3. The lowest BCUT2D eigenvalue weighted by molar-refractivity contribution is -0.154. The maximum Gasteiger partial charge on any atom is 0.423 e. The Morgan fingerprint density at radius 2 is 1.76 bits per heavy atom. The van der Waals surface area contributed by atoms with Crippen LogP contribution in [0.15, 0.2) is 23.1 Å².